The summed E-state index contributed by atoms with van der Waals surface area (Å²) in [6.07, 6.45) is 2.53. The van der Waals surface area contributed by atoms with E-state index in [4.69, 9.17) is 12.2 Å². The van der Waals surface area contributed by atoms with Gasteiger partial charge in [0.05, 0.1) is 11.0 Å². The van der Waals surface area contributed by atoms with Crippen LogP contribution in [-0.4, -0.2) is 9.55 Å². The lowest BCUT2D eigenvalue weighted by Gasteiger charge is -2.20. The average molecular weight is 325 g/mol. The van der Waals surface area contributed by atoms with E-state index < -0.39 is 0 Å². The molecule has 1 N–H and O–H groups in total. The van der Waals surface area contributed by atoms with E-state index >= 15 is 0 Å². The lowest BCUT2D eigenvalue weighted by atomic mass is 9.97. The maximum atomic E-state index is 5.52. The van der Waals surface area contributed by atoms with Crippen molar-refractivity contribution in [2.75, 3.05) is 0 Å². The van der Waals surface area contributed by atoms with Gasteiger partial charge in [-0.1, -0.05) is 29.8 Å². The Kier molecular flexibility index (Phi) is 3.10. The SMILES string of the molecule is CC1CCC(n2c(=S)[nH]c3ccc(Br)cc32)C1C. The third-order valence-electron chi connectivity index (χ3n) is 4.43. The van der Waals surface area contributed by atoms with E-state index in [-0.39, 0.29) is 0 Å². The van der Waals surface area contributed by atoms with Crippen LogP contribution in [0.2, 0.25) is 0 Å². The first-order chi connectivity index (χ1) is 8.58. The zero-order valence-corrected chi connectivity index (χ0v) is 13.0. The molecule has 1 aromatic carbocycles. The van der Waals surface area contributed by atoms with Crippen LogP contribution in [0.1, 0.15) is 32.7 Å². The van der Waals surface area contributed by atoms with E-state index in [9.17, 15) is 0 Å². The lowest BCUT2D eigenvalue weighted by molar-refractivity contribution is 0.356. The number of aromatic nitrogens is 2. The normalized spacial score (nSPS) is 28.1. The Labute approximate surface area is 121 Å². The molecule has 1 aliphatic rings. The van der Waals surface area contributed by atoms with Crippen molar-refractivity contribution in [1.29, 1.82) is 0 Å². The second-order valence-corrected chi connectivity index (χ2v) is 6.75. The van der Waals surface area contributed by atoms with E-state index in [1.165, 1.54) is 18.4 Å². The van der Waals surface area contributed by atoms with Crippen LogP contribution in [0.5, 0.6) is 0 Å². The first-order valence-corrected chi connectivity index (χ1v) is 7.68. The number of benzene rings is 1. The van der Waals surface area contributed by atoms with Crippen LogP contribution in [0.15, 0.2) is 22.7 Å². The van der Waals surface area contributed by atoms with Crippen molar-refractivity contribution in [3.63, 3.8) is 0 Å². The van der Waals surface area contributed by atoms with Crippen molar-refractivity contribution in [2.45, 2.75) is 32.7 Å². The highest BCUT2D eigenvalue weighted by Crippen LogP contribution is 2.41. The number of fused-ring (bicyclic) bond motifs is 1. The Hall–Kier alpha value is -0.610. The predicted octanol–water partition coefficient (Wildman–Crippen LogP) is 5.07. The first-order valence-electron chi connectivity index (χ1n) is 6.47. The van der Waals surface area contributed by atoms with E-state index in [1.54, 1.807) is 0 Å². The Balaban J connectivity index is 2.19. The third kappa shape index (κ3) is 1.86. The number of imidazole rings is 1. The zero-order valence-electron chi connectivity index (χ0n) is 10.6. The van der Waals surface area contributed by atoms with Crippen molar-refractivity contribution >= 4 is 39.2 Å². The van der Waals surface area contributed by atoms with Gasteiger partial charge in [0.15, 0.2) is 4.77 Å². The molecular formula is C14H17BrN2S. The molecule has 0 amide bonds. The lowest BCUT2D eigenvalue weighted by Crippen LogP contribution is -2.14. The van der Waals surface area contributed by atoms with Gasteiger partial charge in [0, 0.05) is 10.5 Å². The molecule has 1 heterocycles. The predicted molar refractivity (Wildman–Crippen MR) is 81.4 cm³/mol. The molecule has 1 saturated carbocycles. The molecular weight excluding hydrogens is 308 g/mol. The van der Waals surface area contributed by atoms with Gasteiger partial charge in [0.1, 0.15) is 0 Å². The molecule has 18 heavy (non-hydrogen) atoms. The van der Waals surface area contributed by atoms with Crippen molar-refractivity contribution in [1.82, 2.24) is 9.55 Å². The summed E-state index contributed by atoms with van der Waals surface area (Å²) in [5, 5.41) is 0. The second-order valence-electron chi connectivity index (χ2n) is 5.44. The van der Waals surface area contributed by atoms with Gasteiger partial charge >= 0.3 is 0 Å². The Morgan fingerprint density at radius 3 is 2.78 bits per heavy atom. The topological polar surface area (TPSA) is 20.7 Å². The summed E-state index contributed by atoms with van der Waals surface area (Å²) < 4.78 is 4.29. The fourth-order valence-electron chi connectivity index (χ4n) is 3.13. The van der Waals surface area contributed by atoms with E-state index in [2.05, 4.69) is 57.5 Å². The number of rotatable bonds is 1. The summed E-state index contributed by atoms with van der Waals surface area (Å²) in [6.45, 7) is 4.69. The van der Waals surface area contributed by atoms with Gasteiger partial charge in [0.2, 0.25) is 0 Å². The van der Waals surface area contributed by atoms with E-state index in [1.807, 2.05) is 0 Å². The molecule has 3 unspecified atom stereocenters. The fraction of sp³-hybridized carbons (Fsp3) is 0.500. The van der Waals surface area contributed by atoms with Crippen molar-refractivity contribution in [3.05, 3.63) is 27.4 Å². The van der Waals surface area contributed by atoms with Gasteiger partial charge in [-0.3, -0.25) is 0 Å². The molecule has 1 fully saturated rings. The van der Waals surface area contributed by atoms with E-state index in [0.717, 1.165) is 20.7 Å². The molecule has 0 saturated heterocycles. The molecule has 2 nitrogen and oxygen atoms in total. The smallest absolute Gasteiger partial charge is 0.178 e. The molecule has 0 aliphatic heterocycles. The number of hydrogen-bond acceptors (Lipinski definition) is 1. The van der Waals surface area contributed by atoms with Crippen molar-refractivity contribution in [3.8, 4) is 0 Å². The minimum absolute atomic E-state index is 0.538. The summed E-state index contributed by atoms with van der Waals surface area (Å²) in [4.78, 5) is 3.32. The fourth-order valence-corrected chi connectivity index (χ4v) is 3.82. The highest BCUT2D eigenvalue weighted by Gasteiger charge is 2.32. The van der Waals surface area contributed by atoms with Crippen molar-refractivity contribution < 1.29 is 0 Å². The Morgan fingerprint density at radius 1 is 1.33 bits per heavy atom. The average Bonchev–Trinajstić information content (AvgIpc) is 2.81. The summed E-state index contributed by atoms with van der Waals surface area (Å²) in [5.41, 5.74) is 2.36. The minimum Gasteiger partial charge on any atom is -0.331 e. The first kappa shape index (κ1) is 12.4. The molecule has 3 atom stereocenters. The minimum atomic E-state index is 0.538. The van der Waals surface area contributed by atoms with Gasteiger partial charge in [-0.15, -0.1) is 0 Å². The standard InChI is InChI=1S/C14H17BrN2S/c1-8-3-6-12(9(8)2)17-13-7-10(15)4-5-11(13)16-14(17)18/h4-5,7-9,12H,3,6H2,1-2H3,(H,16,18). The van der Waals surface area contributed by atoms with Crippen molar-refractivity contribution in [2.24, 2.45) is 11.8 Å². The monoisotopic (exact) mass is 324 g/mol. The number of H-pyrrole nitrogens is 1. The molecule has 1 aliphatic carbocycles. The molecule has 0 bridgehead atoms. The van der Waals surface area contributed by atoms with Crippen LogP contribution in [0.25, 0.3) is 11.0 Å². The Bertz CT molecular complexity index is 643. The summed E-state index contributed by atoms with van der Waals surface area (Å²) in [7, 11) is 0. The highest BCUT2D eigenvalue weighted by molar-refractivity contribution is 9.10. The quantitative estimate of drug-likeness (QED) is 0.726. The highest BCUT2D eigenvalue weighted by atomic mass is 79.9. The van der Waals surface area contributed by atoms with Crippen LogP contribution < -0.4 is 0 Å². The van der Waals surface area contributed by atoms with Crippen LogP contribution in [0, 0.1) is 16.6 Å². The molecule has 1 aromatic heterocycles. The largest absolute Gasteiger partial charge is 0.331 e. The van der Waals surface area contributed by atoms with Gasteiger partial charge in [-0.2, -0.15) is 0 Å². The number of halogens is 1. The zero-order chi connectivity index (χ0) is 12.9. The molecule has 0 radical (unpaired) electrons. The van der Waals surface area contributed by atoms with Crippen LogP contribution >= 0.6 is 28.1 Å². The van der Waals surface area contributed by atoms with Crippen LogP contribution in [0.3, 0.4) is 0 Å². The van der Waals surface area contributed by atoms with Crippen LogP contribution in [-0.2, 0) is 0 Å². The number of hydrogen-bond donors (Lipinski definition) is 1. The molecule has 3 rings (SSSR count). The second kappa shape index (κ2) is 4.49. The number of nitrogens with one attached hydrogen (secondary N) is 1. The molecule has 4 heteroatoms. The van der Waals surface area contributed by atoms with Gasteiger partial charge in [0.25, 0.3) is 0 Å². The summed E-state index contributed by atoms with van der Waals surface area (Å²) in [6, 6.07) is 6.85. The molecule has 0 spiro atoms. The van der Waals surface area contributed by atoms with E-state index in [0.29, 0.717) is 12.0 Å². The summed E-state index contributed by atoms with van der Waals surface area (Å²) >= 11 is 9.07. The van der Waals surface area contributed by atoms with Gasteiger partial charge in [-0.25, -0.2) is 0 Å². The van der Waals surface area contributed by atoms with Gasteiger partial charge in [-0.05, 0) is 55.1 Å². The maximum absolute atomic E-state index is 5.52. The number of nitrogens with zero attached hydrogens (tertiary/aromatic N) is 1. The maximum Gasteiger partial charge on any atom is 0.178 e. The molecule has 96 valence electrons. The van der Waals surface area contributed by atoms with Crippen LogP contribution in [0.4, 0.5) is 0 Å². The summed E-state index contributed by atoms with van der Waals surface area (Å²) in [5.74, 6) is 1.48. The molecule has 2 aromatic rings. The van der Waals surface area contributed by atoms with Gasteiger partial charge < -0.3 is 9.55 Å². The Morgan fingerprint density at radius 2 is 2.11 bits per heavy atom. The number of aromatic amines is 1. The third-order valence-corrected chi connectivity index (χ3v) is 5.23.